The molecule has 184 valence electrons. The Kier molecular flexibility index (Phi) is 7.69. The molecule has 1 aromatic heterocycles. The van der Waals surface area contributed by atoms with E-state index in [2.05, 4.69) is 0 Å². The van der Waals surface area contributed by atoms with Gasteiger partial charge in [-0.25, -0.2) is 0 Å². The van der Waals surface area contributed by atoms with Gasteiger partial charge in [0.2, 0.25) is 5.91 Å². The van der Waals surface area contributed by atoms with Crippen molar-refractivity contribution < 1.29 is 18.7 Å². The molecular weight excluding hydrogens is 450 g/mol. The molecule has 3 aromatic carbocycles. The van der Waals surface area contributed by atoms with Crippen LogP contribution >= 0.6 is 0 Å². The van der Waals surface area contributed by atoms with Crippen molar-refractivity contribution in [1.29, 1.82) is 0 Å². The van der Waals surface area contributed by atoms with Gasteiger partial charge in [0.1, 0.15) is 6.10 Å². The number of likely N-dealkylation sites (N-methyl/N-ethyl adjacent to an activating group) is 1. The number of carbonyl (C=O) groups is 2. The Morgan fingerprint density at radius 2 is 1.47 bits per heavy atom. The number of amides is 1. The third kappa shape index (κ3) is 5.25. The summed E-state index contributed by atoms with van der Waals surface area (Å²) < 4.78 is 12.6. The first-order chi connectivity index (χ1) is 17.4. The molecule has 1 amide bonds. The highest BCUT2D eigenvalue weighted by molar-refractivity contribution is 6.03. The Morgan fingerprint density at radius 1 is 0.889 bits per heavy atom. The van der Waals surface area contributed by atoms with Crippen LogP contribution in [-0.4, -0.2) is 29.7 Å². The number of rotatable bonds is 9. The average Bonchev–Trinajstić information content (AvgIpc) is 3.35. The molecule has 4 rings (SSSR count). The summed E-state index contributed by atoms with van der Waals surface area (Å²) >= 11 is 0. The van der Waals surface area contributed by atoms with E-state index in [1.165, 1.54) is 6.92 Å². The molecule has 0 spiro atoms. The minimum Gasteiger partial charge on any atom is -0.477 e. The number of nitrogens with zero attached hydrogens (tertiary/aromatic N) is 1. The molecule has 5 nitrogen and oxygen atoms in total. The first kappa shape index (κ1) is 25.0. The number of fused-ring (bicyclic) bond motifs is 1. The molecule has 0 aliphatic rings. The Balaban J connectivity index is 1.81. The highest BCUT2D eigenvalue weighted by atomic mass is 16.5. The fourth-order valence-electron chi connectivity index (χ4n) is 4.31. The van der Waals surface area contributed by atoms with Gasteiger partial charge in [-0.05, 0) is 55.2 Å². The molecule has 0 aliphatic heterocycles. The van der Waals surface area contributed by atoms with E-state index >= 15 is 0 Å². The number of ketones is 1. The van der Waals surface area contributed by atoms with Gasteiger partial charge in [0.15, 0.2) is 22.9 Å². The van der Waals surface area contributed by atoms with Crippen LogP contribution in [0.1, 0.15) is 61.0 Å². The molecule has 1 heterocycles. The van der Waals surface area contributed by atoms with Crippen LogP contribution < -0.4 is 4.74 Å². The smallest absolute Gasteiger partial charge is 0.246 e. The first-order valence-corrected chi connectivity index (χ1v) is 12.2. The number of ether oxygens (including phenoxy) is 1. The maximum absolute atomic E-state index is 12.7. The number of benzene rings is 3. The van der Waals surface area contributed by atoms with Crippen LogP contribution in [0.5, 0.6) is 5.75 Å². The summed E-state index contributed by atoms with van der Waals surface area (Å²) in [5, 5.41) is 0.735. The van der Waals surface area contributed by atoms with E-state index in [4.69, 9.17) is 9.15 Å². The number of Topliss-reactive ketones (excluding diaryl/α,β-unsaturated/α-hetero) is 1. The van der Waals surface area contributed by atoms with Crippen molar-refractivity contribution in [3.8, 4) is 5.75 Å². The average molecular weight is 482 g/mol. The molecule has 0 radical (unpaired) electrons. The van der Waals surface area contributed by atoms with Gasteiger partial charge in [-0.2, -0.15) is 0 Å². The quantitative estimate of drug-likeness (QED) is 0.189. The predicted octanol–water partition coefficient (Wildman–Crippen LogP) is 7.08. The van der Waals surface area contributed by atoms with Crippen molar-refractivity contribution >= 4 is 28.2 Å². The van der Waals surface area contributed by atoms with Gasteiger partial charge in [-0.1, -0.05) is 66.7 Å². The second-order valence-corrected chi connectivity index (χ2v) is 8.68. The van der Waals surface area contributed by atoms with Gasteiger partial charge in [0.05, 0.1) is 0 Å². The van der Waals surface area contributed by atoms with Gasteiger partial charge >= 0.3 is 0 Å². The molecule has 0 saturated carbocycles. The summed E-state index contributed by atoms with van der Waals surface area (Å²) in [6, 6.07) is 25.5. The zero-order valence-corrected chi connectivity index (χ0v) is 21.2. The molecule has 5 heteroatoms. The largest absolute Gasteiger partial charge is 0.477 e. The number of furan rings is 1. The third-order valence-corrected chi connectivity index (χ3v) is 6.28. The topological polar surface area (TPSA) is 59.8 Å². The first-order valence-electron chi connectivity index (χ1n) is 12.2. The minimum atomic E-state index is -0.367. The second-order valence-electron chi connectivity index (χ2n) is 8.68. The fraction of sp³-hybridized carbons (Fsp3) is 0.226. The van der Waals surface area contributed by atoms with Crippen molar-refractivity contribution in [2.24, 2.45) is 0 Å². The summed E-state index contributed by atoms with van der Waals surface area (Å²) in [6.45, 7) is 8.57. The van der Waals surface area contributed by atoms with E-state index in [-0.39, 0.29) is 23.6 Å². The molecule has 0 aliphatic carbocycles. The van der Waals surface area contributed by atoms with E-state index in [9.17, 15) is 9.59 Å². The standard InChI is InChI=1S/C31H31NO4/c1-5-32(6-2)29(34)19-21(3)25-17-18-27(31-26(25)20-28(36-31)22(4)33)35-30(23-13-9-7-10-14-23)24-15-11-8-12-16-24/h7-20,30H,5-6H2,1-4H3. The van der Waals surface area contributed by atoms with E-state index in [1.54, 1.807) is 17.0 Å². The summed E-state index contributed by atoms with van der Waals surface area (Å²) in [5.41, 5.74) is 4.10. The van der Waals surface area contributed by atoms with E-state index in [0.717, 1.165) is 27.6 Å². The molecule has 0 saturated heterocycles. The number of hydrogen-bond donors (Lipinski definition) is 0. The van der Waals surface area contributed by atoms with Gasteiger partial charge in [0, 0.05) is 31.5 Å². The molecule has 0 fully saturated rings. The molecule has 36 heavy (non-hydrogen) atoms. The van der Waals surface area contributed by atoms with Crippen molar-refractivity contribution in [2.45, 2.75) is 33.8 Å². The van der Waals surface area contributed by atoms with Gasteiger partial charge in [-0.15, -0.1) is 0 Å². The highest BCUT2D eigenvalue weighted by Crippen LogP contribution is 2.38. The molecule has 0 unspecified atom stereocenters. The van der Waals surface area contributed by atoms with E-state index in [1.807, 2.05) is 93.6 Å². The molecule has 0 bridgehead atoms. The van der Waals surface area contributed by atoms with Crippen molar-refractivity contribution in [2.75, 3.05) is 13.1 Å². The monoisotopic (exact) mass is 481 g/mol. The van der Waals surface area contributed by atoms with Crippen LogP contribution in [0, 0.1) is 0 Å². The minimum absolute atomic E-state index is 0.0468. The Hall–Kier alpha value is -4.12. The van der Waals surface area contributed by atoms with Crippen LogP contribution in [0.3, 0.4) is 0 Å². The van der Waals surface area contributed by atoms with Gasteiger partial charge < -0.3 is 14.1 Å². The van der Waals surface area contributed by atoms with Crippen LogP contribution in [0.15, 0.2) is 89.4 Å². The summed E-state index contributed by atoms with van der Waals surface area (Å²) in [6.07, 6.45) is 1.27. The number of allylic oxidation sites excluding steroid dienone is 1. The lowest BCUT2D eigenvalue weighted by Crippen LogP contribution is -2.28. The van der Waals surface area contributed by atoms with Gasteiger partial charge in [0.25, 0.3) is 0 Å². The van der Waals surface area contributed by atoms with Crippen LogP contribution in [0.2, 0.25) is 0 Å². The molecule has 4 aromatic rings. The highest BCUT2D eigenvalue weighted by Gasteiger charge is 2.22. The zero-order chi connectivity index (χ0) is 25.7. The third-order valence-electron chi connectivity index (χ3n) is 6.28. The summed E-state index contributed by atoms with van der Waals surface area (Å²) in [7, 11) is 0. The maximum atomic E-state index is 12.7. The Bertz CT molecular complexity index is 1340. The lowest BCUT2D eigenvalue weighted by molar-refractivity contribution is -0.125. The normalized spacial score (nSPS) is 11.6. The number of carbonyl (C=O) groups excluding carboxylic acids is 2. The van der Waals surface area contributed by atoms with Crippen LogP contribution in [0.4, 0.5) is 0 Å². The molecule has 0 atom stereocenters. The lowest BCUT2D eigenvalue weighted by atomic mass is 10.00. The van der Waals surface area contributed by atoms with Gasteiger partial charge in [-0.3, -0.25) is 9.59 Å². The fourth-order valence-corrected chi connectivity index (χ4v) is 4.31. The maximum Gasteiger partial charge on any atom is 0.246 e. The molecular formula is C31H31NO4. The Labute approximate surface area is 212 Å². The van der Waals surface area contributed by atoms with Crippen molar-refractivity contribution in [3.05, 3.63) is 107 Å². The zero-order valence-electron chi connectivity index (χ0n) is 21.2. The predicted molar refractivity (Wildman–Crippen MR) is 143 cm³/mol. The van der Waals surface area contributed by atoms with Crippen LogP contribution in [0.25, 0.3) is 16.5 Å². The lowest BCUT2D eigenvalue weighted by Gasteiger charge is -2.21. The Morgan fingerprint density at radius 3 is 2.00 bits per heavy atom. The van der Waals surface area contributed by atoms with Crippen molar-refractivity contribution in [3.63, 3.8) is 0 Å². The molecule has 0 N–H and O–H groups in total. The van der Waals surface area contributed by atoms with Crippen molar-refractivity contribution in [1.82, 2.24) is 4.90 Å². The summed E-state index contributed by atoms with van der Waals surface area (Å²) in [5.74, 6) is 0.559. The summed E-state index contributed by atoms with van der Waals surface area (Å²) in [4.78, 5) is 26.7. The SMILES string of the molecule is CCN(CC)C(=O)C=C(C)c1ccc(OC(c2ccccc2)c2ccccc2)c2oc(C(C)=O)cc12. The number of hydrogen-bond acceptors (Lipinski definition) is 4. The van der Waals surface area contributed by atoms with E-state index < -0.39 is 0 Å². The second kappa shape index (κ2) is 11.1. The van der Waals surface area contributed by atoms with E-state index in [0.29, 0.717) is 24.4 Å². The van der Waals surface area contributed by atoms with Crippen LogP contribution in [-0.2, 0) is 4.79 Å².